The monoisotopic (exact) mass is 335 g/mol. The van der Waals surface area contributed by atoms with Crippen LogP contribution in [0.2, 0.25) is 0 Å². The molecule has 1 saturated heterocycles. The molecule has 0 saturated carbocycles. The number of nitrogens with zero attached hydrogens (tertiary/aromatic N) is 2. The van der Waals surface area contributed by atoms with Crippen LogP contribution in [0, 0.1) is 6.92 Å². The van der Waals surface area contributed by atoms with E-state index >= 15 is 0 Å². The van der Waals surface area contributed by atoms with Crippen molar-refractivity contribution in [1.29, 1.82) is 0 Å². The van der Waals surface area contributed by atoms with Crippen LogP contribution >= 0.6 is 0 Å². The van der Waals surface area contributed by atoms with Crippen molar-refractivity contribution in [1.82, 2.24) is 9.88 Å². The zero-order valence-electron chi connectivity index (χ0n) is 13.7. The fourth-order valence-electron chi connectivity index (χ4n) is 3.36. The molecule has 0 radical (unpaired) electrons. The summed E-state index contributed by atoms with van der Waals surface area (Å²) in [5.41, 5.74) is 9.10. The molecular formula is C19H17N3O3. The van der Waals surface area contributed by atoms with Crippen LogP contribution in [0.25, 0.3) is 0 Å². The second-order valence-corrected chi connectivity index (χ2v) is 6.32. The Morgan fingerprint density at radius 2 is 2.00 bits per heavy atom. The first-order valence-corrected chi connectivity index (χ1v) is 8.06. The van der Waals surface area contributed by atoms with Gasteiger partial charge >= 0.3 is 0 Å². The number of amides is 2. The van der Waals surface area contributed by atoms with Crippen molar-refractivity contribution in [3.8, 4) is 5.75 Å². The number of ether oxygens (including phenoxy) is 1. The SMILES string of the molecule is Cc1ccc2c(c1)OC(N)=C1C(=O)N(Cc3ccncc3)C(=O)CC12. The Hall–Kier alpha value is -3.15. The van der Waals surface area contributed by atoms with Gasteiger partial charge in [0.25, 0.3) is 5.91 Å². The Morgan fingerprint density at radius 3 is 2.76 bits per heavy atom. The summed E-state index contributed by atoms with van der Waals surface area (Å²) in [7, 11) is 0. The van der Waals surface area contributed by atoms with Crippen LogP contribution in [-0.2, 0) is 16.1 Å². The van der Waals surface area contributed by atoms with Gasteiger partial charge in [-0.05, 0) is 36.2 Å². The average Bonchev–Trinajstić information content (AvgIpc) is 2.58. The number of pyridine rings is 1. The fourth-order valence-corrected chi connectivity index (χ4v) is 3.36. The number of imide groups is 1. The maximum absolute atomic E-state index is 12.9. The van der Waals surface area contributed by atoms with E-state index in [1.165, 1.54) is 4.90 Å². The minimum absolute atomic E-state index is 0.0836. The molecule has 2 aliphatic heterocycles. The molecule has 0 aliphatic carbocycles. The summed E-state index contributed by atoms with van der Waals surface area (Å²) >= 11 is 0. The molecular weight excluding hydrogens is 318 g/mol. The van der Waals surface area contributed by atoms with Gasteiger partial charge in [0.05, 0.1) is 12.1 Å². The highest BCUT2D eigenvalue weighted by Gasteiger charge is 2.43. The van der Waals surface area contributed by atoms with Gasteiger partial charge in [-0.25, -0.2) is 0 Å². The van der Waals surface area contributed by atoms with Gasteiger partial charge in [0.15, 0.2) is 5.88 Å². The molecule has 1 aromatic carbocycles. The molecule has 126 valence electrons. The van der Waals surface area contributed by atoms with E-state index in [4.69, 9.17) is 10.5 Å². The second kappa shape index (κ2) is 5.73. The summed E-state index contributed by atoms with van der Waals surface area (Å²) in [6.45, 7) is 2.15. The first-order chi connectivity index (χ1) is 12.0. The van der Waals surface area contributed by atoms with Crippen molar-refractivity contribution in [3.05, 3.63) is 70.9 Å². The first-order valence-electron chi connectivity index (χ1n) is 8.06. The van der Waals surface area contributed by atoms with Crippen LogP contribution in [-0.4, -0.2) is 21.7 Å². The van der Waals surface area contributed by atoms with Crippen molar-refractivity contribution in [2.75, 3.05) is 0 Å². The number of likely N-dealkylation sites (tertiary alicyclic amines) is 1. The zero-order valence-corrected chi connectivity index (χ0v) is 13.7. The molecule has 2 amide bonds. The predicted octanol–water partition coefficient (Wildman–Crippen LogP) is 2.00. The lowest BCUT2D eigenvalue weighted by atomic mass is 9.82. The smallest absolute Gasteiger partial charge is 0.262 e. The molecule has 2 aliphatic rings. The summed E-state index contributed by atoms with van der Waals surface area (Å²) < 4.78 is 5.67. The van der Waals surface area contributed by atoms with Crippen molar-refractivity contribution in [2.24, 2.45) is 5.73 Å². The number of piperidine rings is 1. The van der Waals surface area contributed by atoms with Gasteiger partial charge in [-0.15, -0.1) is 0 Å². The minimum Gasteiger partial charge on any atom is -0.441 e. The largest absolute Gasteiger partial charge is 0.441 e. The number of carbonyl (C=O) groups is 2. The minimum atomic E-state index is -0.387. The normalized spacial score (nSPS) is 19.4. The van der Waals surface area contributed by atoms with Crippen molar-refractivity contribution in [3.63, 3.8) is 0 Å². The molecule has 1 fully saturated rings. The third-order valence-electron chi connectivity index (χ3n) is 4.62. The number of hydrogen-bond acceptors (Lipinski definition) is 5. The number of aromatic nitrogens is 1. The van der Waals surface area contributed by atoms with Gasteiger partial charge in [0, 0.05) is 30.3 Å². The summed E-state index contributed by atoms with van der Waals surface area (Å²) in [5.74, 6) is -0.244. The Balaban J connectivity index is 1.70. The van der Waals surface area contributed by atoms with Gasteiger partial charge in [-0.2, -0.15) is 0 Å². The second-order valence-electron chi connectivity index (χ2n) is 6.32. The van der Waals surface area contributed by atoms with Crippen molar-refractivity contribution >= 4 is 11.8 Å². The van der Waals surface area contributed by atoms with E-state index in [0.717, 1.165) is 16.7 Å². The Bertz CT molecular complexity index is 905. The Kier molecular flexibility index (Phi) is 3.53. The van der Waals surface area contributed by atoms with Crippen LogP contribution < -0.4 is 10.5 Å². The molecule has 1 atom stereocenters. The number of rotatable bonds is 2. The number of benzene rings is 1. The Labute approximate surface area is 144 Å². The average molecular weight is 335 g/mol. The number of fused-ring (bicyclic) bond motifs is 3. The van der Waals surface area contributed by atoms with Gasteiger partial charge in [0.1, 0.15) is 5.75 Å². The van der Waals surface area contributed by atoms with E-state index < -0.39 is 0 Å². The lowest BCUT2D eigenvalue weighted by Crippen LogP contribution is -2.46. The van der Waals surface area contributed by atoms with E-state index in [9.17, 15) is 9.59 Å². The zero-order chi connectivity index (χ0) is 17.6. The molecule has 0 bridgehead atoms. The van der Waals surface area contributed by atoms with Gasteiger partial charge < -0.3 is 10.5 Å². The van der Waals surface area contributed by atoms with Crippen molar-refractivity contribution < 1.29 is 14.3 Å². The van der Waals surface area contributed by atoms with E-state index in [-0.39, 0.29) is 36.6 Å². The molecule has 0 spiro atoms. The lowest BCUT2D eigenvalue weighted by molar-refractivity contribution is -0.146. The highest BCUT2D eigenvalue weighted by atomic mass is 16.5. The first kappa shape index (κ1) is 15.4. The molecule has 25 heavy (non-hydrogen) atoms. The van der Waals surface area contributed by atoms with Crippen LogP contribution in [0.1, 0.15) is 29.0 Å². The van der Waals surface area contributed by atoms with Crippen LogP contribution in [0.3, 0.4) is 0 Å². The van der Waals surface area contributed by atoms with Crippen LogP contribution in [0.4, 0.5) is 0 Å². The van der Waals surface area contributed by atoms with E-state index in [2.05, 4.69) is 4.98 Å². The Morgan fingerprint density at radius 1 is 1.24 bits per heavy atom. The summed E-state index contributed by atoms with van der Waals surface area (Å²) in [5, 5.41) is 0. The molecule has 4 rings (SSSR count). The number of carbonyl (C=O) groups excluding carboxylic acids is 2. The van der Waals surface area contributed by atoms with E-state index in [0.29, 0.717) is 11.3 Å². The molecule has 6 nitrogen and oxygen atoms in total. The molecule has 6 heteroatoms. The van der Waals surface area contributed by atoms with E-state index in [1.807, 2.05) is 25.1 Å². The molecule has 3 heterocycles. The van der Waals surface area contributed by atoms with Crippen LogP contribution in [0.15, 0.2) is 54.2 Å². The summed E-state index contributed by atoms with van der Waals surface area (Å²) in [6, 6.07) is 9.28. The number of aryl methyl sites for hydroxylation is 1. The molecule has 2 N–H and O–H groups in total. The van der Waals surface area contributed by atoms with E-state index in [1.54, 1.807) is 24.5 Å². The number of hydrogen-bond donors (Lipinski definition) is 1. The standard InChI is InChI=1S/C19H17N3O3/c1-11-2-3-13-14-9-16(23)22(10-12-4-6-21-7-5-12)19(24)17(14)18(20)25-15(13)8-11/h2-8,14H,9-10,20H2,1H3. The quantitative estimate of drug-likeness (QED) is 0.849. The summed E-state index contributed by atoms with van der Waals surface area (Å²) in [6.07, 6.45) is 3.46. The van der Waals surface area contributed by atoms with Gasteiger partial charge in [0.2, 0.25) is 5.91 Å². The maximum atomic E-state index is 12.9. The third-order valence-corrected chi connectivity index (χ3v) is 4.62. The molecule has 1 aromatic heterocycles. The summed E-state index contributed by atoms with van der Waals surface area (Å²) in [4.78, 5) is 30.7. The topological polar surface area (TPSA) is 85.5 Å². The third kappa shape index (κ3) is 2.55. The maximum Gasteiger partial charge on any atom is 0.262 e. The molecule has 2 aromatic rings. The predicted molar refractivity (Wildman–Crippen MR) is 90.2 cm³/mol. The highest BCUT2D eigenvalue weighted by molar-refractivity contribution is 6.09. The fraction of sp³-hybridized carbons (Fsp3) is 0.211. The number of nitrogens with two attached hydrogens (primary N) is 1. The van der Waals surface area contributed by atoms with Gasteiger partial charge in [-0.3, -0.25) is 19.5 Å². The molecule has 1 unspecified atom stereocenters. The lowest BCUT2D eigenvalue weighted by Gasteiger charge is -2.36. The highest BCUT2D eigenvalue weighted by Crippen LogP contribution is 2.43. The van der Waals surface area contributed by atoms with Crippen LogP contribution in [0.5, 0.6) is 5.75 Å². The van der Waals surface area contributed by atoms with Gasteiger partial charge in [-0.1, -0.05) is 12.1 Å². The van der Waals surface area contributed by atoms with Crippen molar-refractivity contribution in [2.45, 2.75) is 25.8 Å².